The van der Waals surface area contributed by atoms with Crippen molar-refractivity contribution in [3.05, 3.63) is 53.5 Å². The maximum atomic E-state index is 9.32. The molecule has 0 spiro atoms. The highest BCUT2D eigenvalue weighted by atomic mass is 15.2. The Morgan fingerprint density at radius 2 is 2.05 bits per heavy atom. The van der Waals surface area contributed by atoms with Gasteiger partial charge in [0.15, 0.2) is 0 Å². The first-order valence-electron chi connectivity index (χ1n) is 6.80. The van der Waals surface area contributed by atoms with Crippen LogP contribution in [-0.2, 0) is 0 Å². The first-order valence-corrected chi connectivity index (χ1v) is 6.80. The van der Waals surface area contributed by atoms with Crippen LogP contribution in [0.25, 0.3) is 0 Å². The molecule has 0 saturated carbocycles. The van der Waals surface area contributed by atoms with Crippen LogP contribution in [0.5, 0.6) is 0 Å². The van der Waals surface area contributed by atoms with Crippen molar-refractivity contribution in [1.82, 2.24) is 9.97 Å². The van der Waals surface area contributed by atoms with Crippen molar-refractivity contribution in [3.8, 4) is 6.07 Å². The lowest BCUT2D eigenvalue weighted by molar-refractivity contribution is 0.772. The van der Waals surface area contributed by atoms with Gasteiger partial charge in [-0.2, -0.15) is 5.26 Å². The third kappa shape index (κ3) is 2.23. The summed E-state index contributed by atoms with van der Waals surface area (Å²) in [5.41, 5.74) is 3.00. The van der Waals surface area contributed by atoms with E-state index in [9.17, 15) is 5.26 Å². The molecule has 1 aliphatic rings. The fourth-order valence-corrected chi connectivity index (χ4v) is 2.78. The number of hydrogen-bond acceptors (Lipinski definition) is 4. The van der Waals surface area contributed by atoms with Gasteiger partial charge in [0.1, 0.15) is 11.9 Å². The van der Waals surface area contributed by atoms with Gasteiger partial charge < -0.3 is 4.90 Å². The fourth-order valence-electron chi connectivity index (χ4n) is 2.78. The molecule has 20 heavy (non-hydrogen) atoms. The zero-order valence-corrected chi connectivity index (χ0v) is 11.5. The average Bonchev–Trinajstić information content (AvgIpc) is 2.97. The smallest absolute Gasteiger partial charge is 0.146 e. The van der Waals surface area contributed by atoms with Crippen LogP contribution in [0.1, 0.15) is 29.0 Å². The van der Waals surface area contributed by atoms with Gasteiger partial charge in [-0.1, -0.05) is 0 Å². The minimum absolute atomic E-state index is 0.492. The molecular weight excluding hydrogens is 248 g/mol. The Morgan fingerprint density at radius 1 is 1.25 bits per heavy atom. The molecule has 1 aliphatic heterocycles. The van der Waals surface area contributed by atoms with E-state index < -0.39 is 0 Å². The molecule has 0 radical (unpaired) electrons. The minimum Gasteiger partial charge on any atom is -0.355 e. The van der Waals surface area contributed by atoms with Crippen molar-refractivity contribution in [1.29, 1.82) is 5.26 Å². The number of hydrogen-bond donors (Lipinski definition) is 0. The molecule has 0 aromatic carbocycles. The maximum absolute atomic E-state index is 9.32. The standard InChI is InChI=1S/C16H16N4/c1-12-2-8-19-16(15(12)10-17)20-9-5-14(11-20)13-3-6-18-7-4-13/h2-4,6-8,14H,5,9,11H2,1H3. The van der Waals surface area contributed by atoms with Crippen LogP contribution in [0, 0.1) is 18.3 Å². The van der Waals surface area contributed by atoms with Gasteiger partial charge in [-0.25, -0.2) is 4.98 Å². The summed E-state index contributed by atoms with van der Waals surface area (Å²) in [5, 5.41) is 9.32. The molecule has 0 bridgehead atoms. The summed E-state index contributed by atoms with van der Waals surface area (Å²) in [4.78, 5) is 10.7. The number of pyridine rings is 2. The highest BCUT2D eigenvalue weighted by Crippen LogP contribution is 2.31. The molecule has 4 heteroatoms. The van der Waals surface area contributed by atoms with Crippen LogP contribution >= 0.6 is 0 Å². The third-order valence-electron chi connectivity index (χ3n) is 3.92. The van der Waals surface area contributed by atoms with Gasteiger partial charge >= 0.3 is 0 Å². The summed E-state index contributed by atoms with van der Waals surface area (Å²) in [7, 11) is 0. The molecule has 3 rings (SSSR count). The molecule has 0 N–H and O–H groups in total. The molecule has 1 unspecified atom stereocenters. The first kappa shape index (κ1) is 12.6. The van der Waals surface area contributed by atoms with Crippen molar-refractivity contribution in [3.63, 3.8) is 0 Å². The van der Waals surface area contributed by atoms with Crippen molar-refractivity contribution >= 4 is 5.82 Å². The maximum Gasteiger partial charge on any atom is 0.146 e. The number of aromatic nitrogens is 2. The molecular formula is C16H16N4. The van der Waals surface area contributed by atoms with E-state index in [1.54, 1.807) is 6.20 Å². The number of anilines is 1. The molecule has 100 valence electrons. The highest BCUT2D eigenvalue weighted by molar-refractivity contribution is 5.58. The monoisotopic (exact) mass is 264 g/mol. The SMILES string of the molecule is Cc1ccnc(N2CCC(c3ccncc3)C2)c1C#N. The lowest BCUT2D eigenvalue weighted by Crippen LogP contribution is -2.21. The van der Waals surface area contributed by atoms with Crippen LogP contribution in [0.3, 0.4) is 0 Å². The van der Waals surface area contributed by atoms with Gasteiger partial charge in [-0.05, 0) is 42.7 Å². The summed E-state index contributed by atoms with van der Waals surface area (Å²) in [6.45, 7) is 3.81. The normalized spacial score (nSPS) is 18.0. The van der Waals surface area contributed by atoms with E-state index in [1.807, 2.05) is 25.4 Å². The Balaban J connectivity index is 1.85. The summed E-state index contributed by atoms with van der Waals surface area (Å²) in [6, 6.07) is 8.31. The Kier molecular flexibility index (Phi) is 3.34. The van der Waals surface area contributed by atoms with Crippen LogP contribution in [0.2, 0.25) is 0 Å². The van der Waals surface area contributed by atoms with Crippen molar-refractivity contribution in [2.75, 3.05) is 18.0 Å². The summed E-state index contributed by atoms with van der Waals surface area (Å²) in [5.74, 6) is 1.32. The van der Waals surface area contributed by atoms with Gasteiger partial charge in [0.25, 0.3) is 0 Å². The Hall–Kier alpha value is -2.41. The van der Waals surface area contributed by atoms with E-state index >= 15 is 0 Å². The summed E-state index contributed by atoms with van der Waals surface area (Å²) in [6.07, 6.45) is 6.54. The van der Waals surface area contributed by atoms with E-state index in [0.717, 1.165) is 30.9 Å². The highest BCUT2D eigenvalue weighted by Gasteiger charge is 2.26. The van der Waals surface area contributed by atoms with Crippen LogP contribution in [0.4, 0.5) is 5.82 Å². The van der Waals surface area contributed by atoms with E-state index in [0.29, 0.717) is 11.5 Å². The largest absolute Gasteiger partial charge is 0.355 e. The summed E-state index contributed by atoms with van der Waals surface area (Å²) >= 11 is 0. The number of aryl methyl sites for hydroxylation is 1. The first-order chi connectivity index (χ1) is 9.79. The van der Waals surface area contributed by atoms with Gasteiger partial charge in [0.2, 0.25) is 0 Å². The van der Waals surface area contributed by atoms with Gasteiger partial charge in [0, 0.05) is 37.6 Å². The second-order valence-electron chi connectivity index (χ2n) is 5.15. The molecule has 2 aromatic rings. The molecule has 0 aliphatic carbocycles. The molecule has 0 amide bonds. The zero-order chi connectivity index (χ0) is 13.9. The predicted octanol–water partition coefficient (Wildman–Crippen LogP) is 2.65. The van der Waals surface area contributed by atoms with E-state index in [-0.39, 0.29) is 0 Å². The predicted molar refractivity (Wildman–Crippen MR) is 77.5 cm³/mol. The molecule has 3 heterocycles. The molecule has 1 saturated heterocycles. The minimum atomic E-state index is 0.492. The lowest BCUT2D eigenvalue weighted by atomic mass is 10.00. The molecule has 1 atom stereocenters. The quantitative estimate of drug-likeness (QED) is 0.836. The van der Waals surface area contributed by atoms with Crippen molar-refractivity contribution in [2.45, 2.75) is 19.3 Å². The van der Waals surface area contributed by atoms with Crippen molar-refractivity contribution in [2.24, 2.45) is 0 Å². The number of nitriles is 1. The molecule has 4 nitrogen and oxygen atoms in total. The van der Waals surface area contributed by atoms with E-state index in [2.05, 4.69) is 33.1 Å². The number of nitrogens with zero attached hydrogens (tertiary/aromatic N) is 4. The fraction of sp³-hybridized carbons (Fsp3) is 0.312. The molecule has 2 aromatic heterocycles. The Bertz CT molecular complexity index is 645. The topological polar surface area (TPSA) is 52.8 Å². The Morgan fingerprint density at radius 3 is 2.80 bits per heavy atom. The van der Waals surface area contributed by atoms with Crippen molar-refractivity contribution < 1.29 is 0 Å². The van der Waals surface area contributed by atoms with Gasteiger partial charge in [-0.3, -0.25) is 4.98 Å². The molecule has 1 fully saturated rings. The zero-order valence-electron chi connectivity index (χ0n) is 11.5. The van der Waals surface area contributed by atoms with Crippen LogP contribution in [-0.4, -0.2) is 23.1 Å². The van der Waals surface area contributed by atoms with Crippen LogP contribution < -0.4 is 4.90 Å². The van der Waals surface area contributed by atoms with E-state index in [4.69, 9.17) is 0 Å². The summed E-state index contributed by atoms with van der Waals surface area (Å²) < 4.78 is 0. The number of rotatable bonds is 2. The second kappa shape index (κ2) is 5.30. The van der Waals surface area contributed by atoms with Gasteiger partial charge in [-0.15, -0.1) is 0 Å². The average molecular weight is 264 g/mol. The second-order valence-corrected chi connectivity index (χ2v) is 5.15. The lowest BCUT2D eigenvalue weighted by Gasteiger charge is -2.19. The van der Waals surface area contributed by atoms with Crippen LogP contribution in [0.15, 0.2) is 36.8 Å². The van der Waals surface area contributed by atoms with E-state index in [1.165, 1.54) is 5.56 Å². The third-order valence-corrected chi connectivity index (χ3v) is 3.92. The Labute approximate surface area is 118 Å². The van der Waals surface area contributed by atoms with Gasteiger partial charge in [0.05, 0.1) is 5.56 Å².